The van der Waals surface area contributed by atoms with Gasteiger partial charge in [-0.2, -0.15) is 0 Å². The molecular weight excluding hydrogens is 268 g/mol. The van der Waals surface area contributed by atoms with Crippen LogP contribution in [0.5, 0.6) is 5.75 Å². The molecule has 0 bridgehead atoms. The summed E-state index contributed by atoms with van der Waals surface area (Å²) in [6, 6.07) is 5.73. The SMILES string of the molecule is CC(C)(C)S(=O)CC1CCOc2cc(Cl)ccc21. The molecule has 0 aromatic heterocycles. The number of halogens is 1. The molecule has 1 aromatic carbocycles. The van der Waals surface area contributed by atoms with Crippen molar-refractivity contribution in [1.29, 1.82) is 0 Å². The molecule has 1 heterocycles. The highest BCUT2D eigenvalue weighted by atomic mass is 35.5. The van der Waals surface area contributed by atoms with Crippen LogP contribution in [0.25, 0.3) is 0 Å². The van der Waals surface area contributed by atoms with Crippen molar-refractivity contribution >= 4 is 22.4 Å². The van der Waals surface area contributed by atoms with Crippen molar-refractivity contribution in [2.75, 3.05) is 12.4 Å². The quantitative estimate of drug-likeness (QED) is 0.827. The third-order valence-electron chi connectivity index (χ3n) is 3.17. The Bertz CT molecular complexity index is 465. The molecule has 0 spiro atoms. The average molecular weight is 287 g/mol. The van der Waals surface area contributed by atoms with Gasteiger partial charge >= 0.3 is 0 Å². The Kier molecular flexibility index (Phi) is 4.02. The molecule has 2 atom stereocenters. The zero-order chi connectivity index (χ0) is 13.3. The zero-order valence-corrected chi connectivity index (χ0v) is 12.6. The minimum Gasteiger partial charge on any atom is -0.493 e. The van der Waals surface area contributed by atoms with Gasteiger partial charge in [0.1, 0.15) is 5.75 Å². The number of hydrogen-bond donors (Lipinski definition) is 0. The number of ether oxygens (including phenoxy) is 1. The lowest BCUT2D eigenvalue weighted by Gasteiger charge is -2.28. The Hall–Kier alpha value is -0.540. The molecule has 2 nitrogen and oxygen atoms in total. The van der Waals surface area contributed by atoms with Crippen molar-refractivity contribution in [3.05, 3.63) is 28.8 Å². The van der Waals surface area contributed by atoms with Crippen LogP contribution in [0, 0.1) is 0 Å². The predicted octanol–water partition coefficient (Wildman–Crippen LogP) is 3.75. The lowest BCUT2D eigenvalue weighted by Crippen LogP contribution is -2.28. The summed E-state index contributed by atoms with van der Waals surface area (Å²) in [4.78, 5) is 0. The number of hydrogen-bond acceptors (Lipinski definition) is 2. The second-order valence-electron chi connectivity index (χ2n) is 5.64. The Morgan fingerprint density at radius 2 is 2.17 bits per heavy atom. The van der Waals surface area contributed by atoms with E-state index in [1.807, 2.05) is 39.0 Å². The van der Waals surface area contributed by atoms with E-state index < -0.39 is 10.8 Å². The lowest BCUT2D eigenvalue weighted by molar-refractivity contribution is 0.273. The first-order valence-electron chi connectivity index (χ1n) is 6.18. The summed E-state index contributed by atoms with van der Waals surface area (Å²) in [5.41, 5.74) is 1.14. The van der Waals surface area contributed by atoms with E-state index in [0.29, 0.717) is 23.3 Å². The van der Waals surface area contributed by atoms with Gasteiger partial charge in [-0.05, 0) is 44.9 Å². The van der Waals surface area contributed by atoms with Crippen molar-refractivity contribution in [2.45, 2.75) is 37.9 Å². The lowest BCUT2D eigenvalue weighted by atomic mass is 9.95. The fourth-order valence-electron chi connectivity index (χ4n) is 2.04. The third-order valence-corrected chi connectivity index (χ3v) is 5.48. The van der Waals surface area contributed by atoms with E-state index in [1.54, 1.807) is 0 Å². The van der Waals surface area contributed by atoms with Crippen LogP contribution in [0.3, 0.4) is 0 Å². The van der Waals surface area contributed by atoms with E-state index in [4.69, 9.17) is 16.3 Å². The van der Waals surface area contributed by atoms with Crippen molar-refractivity contribution in [3.63, 3.8) is 0 Å². The Morgan fingerprint density at radius 3 is 2.83 bits per heavy atom. The first-order chi connectivity index (χ1) is 8.38. The topological polar surface area (TPSA) is 26.3 Å². The van der Waals surface area contributed by atoms with Crippen LogP contribution in [0.15, 0.2) is 18.2 Å². The molecule has 4 heteroatoms. The fraction of sp³-hybridized carbons (Fsp3) is 0.571. The predicted molar refractivity (Wildman–Crippen MR) is 77.1 cm³/mol. The summed E-state index contributed by atoms with van der Waals surface area (Å²) in [5, 5.41) is 0.686. The molecule has 0 amide bonds. The van der Waals surface area contributed by atoms with Crippen LogP contribution in [0.2, 0.25) is 5.02 Å². The first kappa shape index (κ1) is 13.9. The average Bonchev–Trinajstić information content (AvgIpc) is 2.27. The summed E-state index contributed by atoms with van der Waals surface area (Å²) in [7, 11) is -0.836. The highest BCUT2D eigenvalue weighted by molar-refractivity contribution is 7.86. The first-order valence-corrected chi connectivity index (χ1v) is 7.88. The van der Waals surface area contributed by atoms with Crippen LogP contribution in [0.1, 0.15) is 38.7 Å². The molecule has 2 unspecified atom stereocenters. The maximum atomic E-state index is 12.3. The number of benzene rings is 1. The van der Waals surface area contributed by atoms with E-state index in [2.05, 4.69) is 0 Å². The van der Waals surface area contributed by atoms with E-state index in [1.165, 1.54) is 0 Å². The molecular formula is C14H19ClO2S. The maximum absolute atomic E-state index is 12.3. The van der Waals surface area contributed by atoms with E-state index in [-0.39, 0.29) is 4.75 Å². The van der Waals surface area contributed by atoms with Gasteiger partial charge in [0.05, 0.1) is 6.61 Å². The molecule has 100 valence electrons. The van der Waals surface area contributed by atoms with Crippen molar-refractivity contribution in [3.8, 4) is 5.75 Å². The molecule has 1 aliphatic rings. The monoisotopic (exact) mass is 286 g/mol. The minimum absolute atomic E-state index is 0.162. The van der Waals surface area contributed by atoms with Crippen LogP contribution >= 0.6 is 11.6 Å². The minimum atomic E-state index is -0.836. The number of fused-ring (bicyclic) bond motifs is 1. The summed E-state index contributed by atoms with van der Waals surface area (Å²) in [5.74, 6) is 1.86. The van der Waals surface area contributed by atoms with Crippen molar-refractivity contribution in [1.82, 2.24) is 0 Å². The van der Waals surface area contributed by atoms with Crippen LogP contribution in [0.4, 0.5) is 0 Å². The summed E-state index contributed by atoms with van der Waals surface area (Å²) in [6.07, 6.45) is 0.927. The van der Waals surface area contributed by atoms with Crippen LogP contribution in [-0.2, 0) is 10.8 Å². The third kappa shape index (κ3) is 3.07. The Morgan fingerprint density at radius 1 is 1.44 bits per heavy atom. The van der Waals surface area contributed by atoms with Gasteiger partial charge in [-0.25, -0.2) is 0 Å². The maximum Gasteiger partial charge on any atom is 0.124 e. The van der Waals surface area contributed by atoms with Gasteiger partial charge in [-0.3, -0.25) is 4.21 Å². The van der Waals surface area contributed by atoms with E-state index in [0.717, 1.165) is 17.7 Å². The zero-order valence-electron chi connectivity index (χ0n) is 11.0. The molecule has 18 heavy (non-hydrogen) atoms. The highest BCUT2D eigenvalue weighted by Crippen LogP contribution is 2.36. The van der Waals surface area contributed by atoms with Gasteiger partial charge < -0.3 is 4.74 Å². The standard InChI is InChI=1S/C14H19ClO2S/c1-14(2,3)18(16)9-10-6-7-17-13-8-11(15)4-5-12(10)13/h4-5,8,10H,6-7,9H2,1-3H3. The van der Waals surface area contributed by atoms with Gasteiger partial charge in [0.15, 0.2) is 0 Å². The number of rotatable bonds is 2. The summed E-state index contributed by atoms with van der Waals surface area (Å²) in [6.45, 7) is 6.74. The largest absolute Gasteiger partial charge is 0.493 e. The molecule has 0 N–H and O–H groups in total. The molecule has 0 aliphatic carbocycles. The van der Waals surface area contributed by atoms with Crippen molar-refractivity contribution in [2.24, 2.45) is 0 Å². The Balaban J connectivity index is 2.21. The fourth-order valence-corrected chi connectivity index (χ4v) is 3.42. The molecule has 2 rings (SSSR count). The van der Waals surface area contributed by atoms with Crippen LogP contribution < -0.4 is 4.74 Å². The van der Waals surface area contributed by atoms with Gasteiger partial charge in [0, 0.05) is 32.2 Å². The normalized spacial score (nSPS) is 21.0. The van der Waals surface area contributed by atoms with Crippen molar-refractivity contribution < 1.29 is 8.95 Å². The summed E-state index contributed by atoms with van der Waals surface area (Å²) < 4.78 is 17.7. The molecule has 0 radical (unpaired) electrons. The van der Waals surface area contributed by atoms with Crippen LogP contribution in [-0.4, -0.2) is 21.3 Å². The molecule has 0 saturated heterocycles. The van der Waals surface area contributed by atoms with E-state index >= 15 is 0 Å². The molecule has 1 aromatic rings. The van der Waals surface area contributed by atoms with Gasteiger partial charge in [-0.1, -0.05) is 17.7 Å². The van der Waals surface area contributed by atoms with Gasteiger partial charge in [0.25, 0.3) is 0 Å². The molecule has 1 aliphatic heterocycles. The second kappa shape index (κ2) is 5.22. The van der Waals surface area contributed by atoms with Gasteiger partial charge in [0.2, 0.25) is 0 Å². The summed E-state index contributed by atoms with van der Waals surface area (Å²) >= 11 is 5.96. The smallest absolute Gasteiger partial charge is 0.124 e. The molecule has 0 fully saturated rings. The Labute approximate surface area is 116 Å². The second-order valence-corrected chi connectivity index (χ2v) is 8.33. The van der Waals surface area contributed by atoms with Gasteiger partial charge in [-0.15, -0.1) is 0 Å². The highest BCUT2D eigenvalue weighted by Gasteiger charge is 2.28. The van der Waals surface area contributed by atoms with E-state index in [9.17, 15) is 4.21 Å². The molecule has 0 saturated carbocycles.